The molecule has 0 saturated carbocycles. The van der Waals surface area contributed by atoms with Gasteiger partial charge in [-0.15, -0.1) is 0 Å². The molecular weight excluding hydrogens is 252 g/mol. The average Bonchev–Trinajstić information content (AvgIpc) is 3.06. The highest BCUT2D eigenvalue weighted by atomic mass is 32.1. The molecule has 2 nitrogen and oxygen atoms in total. The van der Waals surface area contributed by atoms with E-state index in [1.165, 1.54) is 23.2 Å². The zero-order chi connectivity index (χ0) is 12.9. The van der Waals surface area contributed by atoms with Gasteiger partial charge < -0.3 is 10.6 Å². The van der Waals surface area contributed by atoms with Crippen molar-refractivity contribution in [2.24, 2.45) is 5.41 Å². The van der Waals surface area contributed by atoms with Crippen LogP contribution >= 0.6 is 11.3 Å². The Morgan fingerprint density at radius 2 is 2.11 bits per heavy atom. The Balaban J connectivity index is 1.87. The summed E-state index contributed by atoms with van der Waals surface area (Å²) in [6, 6.07) is 11.9. The molecule has 2 N–H and O–H groups in total. The molecule has 3 heteroatoms. The maximum absolute atomic E-state index is 3.78. The first-order chi connectivity index (χ1) is 9.29. The van der Waals surface area contributed by atoms with Gasteiger partial charge in [0.1, 0.15) is 0 Å². The molecule has 1 aromatic heterocycles. The fourth-order valence-corrected chi connectivity index (χ4v) is 4.43. The lowest BCUT2D eigenvalue weighted by atomic mass is 9.69. The molecule has 1 aromatic carbocycles. The molecule has 1 fully saturated rings. The first-order valence-corrected chi connectivity index (χ1v) is 7.84. The molecule has 0 amide bonds. The third kappa shape index (κ3) is 1.58. The minimum absolute atomic E-state index is 0.259. The molecule has 4 rings (SSSR count). The topological polar surface area (TPSA) is 24.1 Å². The van der Waals surface area contributed by atoms with Crippen molar-refractivity contribution in [1.29, 1.82) is 0 Å². The van der Waals surface area contributed by atoms with Gasteiger partial charge in [0.05, 0.1) is 6.04 Å². The lowest BCUT2D eigenvalue weighted by molar-refractivity contribution is 0.227. The predicted octanol–water partition coefficient (Wildman–Crippen LogP) is 3.96. The molecule has 19 heavy (non-hydrogen) atoms. The number of benzene rings is 1. The van der Waals surface area contributed by atoms with Crippen molar-refractivity contribution in [2.75, 3.05) is 11.9 Å². The van der Waals surface area contributed by atoms with Crippen molar-refractivity contribution in [3.05, 3.63) is 52.2 Å². The Morgan fingerprint density at radius 3 is 2.95 bits per heavy atom. The van der Waals surface area contributed by atoms with Crippen LogP contribution in [0, 0.1) is 5.41 Å². The molecule has 2 aromatic rings. The molecule has 0 spiro atoms. The Morgan fingerprint density at radius 1 is 1.21 bits per heavy atom. The largest absolute Gasteiger partial charge is 0.377 e. The Kier molecular flexibility index (Phi) is 2.47. The molecular formula is C16H18N2S. The highest BCUT2D eigenvalue weighted by Gasteiger charge is 2.49. The predicted molar refractivity (Wildman–Crippen MR) is 80.6 cm³/mol. The number of para-hydroxylation sites is 1. The van der Waals surface area contributed by atoms with Gasteiger partial charge in [0.2, 0.25) is 0 Å². The van der Waals surface area contributed by atoms with Crippen molar-refractivity contribution < 1.29 is 0 Å². The van der Waals surface area contributed by atoms with E-state index in [-0.39, 0.29) is 5.41 Å². The van der Waals surface area contributed by atoms with Crippen molar-refractivity contribution in [2.45, 2.75) is 25.4 Å². The second-order valence-electron chi connectivity index (χ2n) is 5.86. The number of hydrogen-bond donors (Lipinski definition) is 2. The van der Waals surface area contributed by atoms with Gasteiger partial charge in [-0.1, -0.05) is 25.1 Å². The average molecular weight is 270 g/mol. The second-order valence-corrected chi connectivity index (χ2v) is 6.64. The number of rotatable bonds is 1. The van der Waals surface area contributed by atoms with Crippen LogP contribution in [0.2, 0.25) is 0 Å². The Labute approximate surface area is 117 Å². The highest BCUT2D eigenvalue weighted by Crippen LogP contribution is 2.55. The van der Waals surface area contributed by atoms with Crippen LogP contribution in [0.25, 0.3) is 0 Å². The molecule has 0 radical (unpaired) electrons. The van der Waals surface area contributed by atoms with Crippen LogP contribution in [0.5, 0.6) is 0 Å². The lowest BCUT2D eigenvalue weighted by Gasteiger charge is -2.45. The highest BCUT2D eigenvalue weighted by molar-refractivity contribution is 7.08. The smallest absolute Gasteiger partial charge is 0.0594 e. The number of fused-ring (bicyclic) bond motifs is 3. The van der Waals surface area contributed by atoms with Crippen molar-refractivity contribution >= 4 is 17.0 Å². The van der Waals surface area contributed by atoms with Gasteiger partial charge in [0, 0.05) is 17.1 Å². The van der Waals surface area contributed by atoms with Crippen LogP contribution in [-0.4, -0.2) is 6.54 Å². The summed E-state index contributed by atoms with van der Waals surface area (Å²) in [7, 11) is 0. The standard InChI is InChI=1S/C16H18N2S/c1-16-7-8-17-15(16)12-4-2-3-5-13(12)18-14(16)11-6-9-19-10-11/h2-6,9-10,14-15,17-18H,7-8H2,1H3/t14-,15-,16-/m1/s1. The van der Waals surface area contributed by atoms with E-state index < -0.39 is 0 Å². The summed E-state index contributed by atoms with van der Waals surface area (Å²) in [5.74, 6) is 0. The molecule has 0 unspecified atom stereocenters. The molecule has 0 bridgehead atoms. The van der Waals surface area contributed by atoms with Crippen molar-refractivity contribution in [3.63, 3.8) is 0 Å². The number of thiophene rings is 1. The monoisotopic (exact) mass is 270 g/mol. The van der Waals surface area contributed by atoms with Crippen molar-refractivity contribution in [3.8, 4) is 0 Å². The van der Waals surface area contributed by atoms with Gasteiger partial charge in [-0.25, -0.2) is 0 Å². The molecule has 3 heterocycles. The van der Waals surface area contributed by atoms with E-state index in [0.29, 0.717) is 12.1 Å². The molecule has 98 valence electrons. The number of hydrogen-bond acceptors (Lipinski definition) is 3. The van der Waals surface area contributed by atoms with E-state index in [1.807, 2.05) is 0 Å². The first kappa shape index (κ1) is 11.5. The van der Waals surface area contributed by atoms with Gasteiger partial charge in [-0.05, 0) is 47.0 Å². The van der Waals surface area contributed by atoms with Gasteiger partial charge in [0.25, 0.3) is 0 Å². The van der Waals surface area contributed by atoms with Gasteiger partial charge >= 0.3 is 0 Å². The van der Waals surface area contributed by atoms with Crippen LogP contribution < -0.4 is 10.6 Å². The van der Waals surface area contributed by atoms with E-state index in [2.05, 4.69) is 58.6 Å². The fourth-order valence-electron chi connectivity index (χ4n) is 3.74. The van der Waals surface area contributed by atoms with Crippen LogP contribution in [-0.2, 0) is 0 Å². The first-order valence-electron chi connectivity index (χ1n) is 6.90. The fraction of sp³-hybridized carbons (Fsp3) is 0.375. The Bertz CT molecular complexity index is 593. The zero-order valence-electron chi connectivity index (χ0n) is 11.0. The number of nitrogens with one attached hydrogen (secondary N) is 2. The summed E-state index contributed by atoms with van der Waals surface area (Å²) in [6.45, 7) is 3.53. The maximum Gasteiger partial charge on any atom is 0.0594 e. The summed E-state index contributed by atoms with van der Waals surface area (Å²) in [4.78, 5) is 0. The van der Waals surface area contributed by atoms with Gasteiger partial charge in [0.15, 0.2) is 0 Å². The van der Waals surface area contributed by atoms with Crippen LogP contribution in [0.1, 0.15) is 36.6 Å². The second kappa shape index (κ2) is 4.09. The van der Waals surface area contributed by atoms with Crippen LogP contribution in [0.3, 0.4) is 0 Å². The molecule has 2 aliphatic rings. The quantitative estimate of drug-likeness (QED) is 0.819. The zero-order valence-corrected chi connectivity index (χ0v) is 11.8. The lowest BCUT2D eigenvalue weighted by Crippen LogP contribution is -2.40. The summed E-state index contributed by atoms with van der Waals surface area (Å²) >= 11 is 1.79. The maximum atomic E-state index is 3.78. The van der Waals surface area contributed by atoms with Crippen molar-refractivity contribution in [1.82, 2.24) is 5.32 Å². The summed E-state index contributed by atoms with van der Waals surface area (Å²) in [6.07, 6.45) is 1.22. The van der Waals surface area contributed by atoms with E-state index in [4.69, 9.17) is 0 Å². The summed E-state index contributed by atoms with van der Waals surface area (Å²) in [5.41, 5.74) is 4.40. The molecule has 3 atom stereocenters. The summed E-state index contributed by atoms with van der Waals surface area (Å²) in [5, 5.41) is 12.0. The van der Waals surface area contributed by atoms with Crippen LogP contribution in [0.4, 0.5) is 5.69 Å². The van der Waals surface area contributed by atoms with Gasteiger partial charge in [-0.3, -0.25) is 0 Å². The normalized spacial score (nSPS) is 32.5. The summed E-state index contributed by atoms with van der Waals surface area (Å²) < 4.78 is 0. The molecule has 2 aliphatic heterocycles. The van der Waals surface area contributed by atoms with E-state index >= 15 is 0 Å². The minimum atomic E-state index is 0.259. The molecule has 1 saturated heterocycles. The van der Waals surface area contributed by atoms with E-state index in [9.17, 15) is 0 Å². The minimum Gasteiger partial charge on any atom is -0.377 e. The van der Waals surface area contributed by atoms with E-state index in [1.54, 1.807) is 11.3 Å². The third-order valence-corrected chi connectivity index (χ3v) is 5.48. The third-order valence-electron chi connectivity index (χ3n) is 4.78. The van der Waals surface area contributed by atoms with Crippen LogP contribution in [0.15, 0.2) is 41.1 Å². The molecule has 0 aliphatic carbocycles. The SMILES string of the molecule is C[C@]12CCN[C@@H]1c1ccccc1N[C@@H]2c1ccsc1. The Hall–Kier alpha value is -1.32. The van der Waals surface area contributed by atoms with E-state index in [0.717, 1.165) is 6.54 Å². The number of anilines is 1. The van der Waals surface area contributed by atoms with Gasteiger partial charge in [-0.2, -0.15) is 11.3 Å².